The van der Waals surface area contributed by atoms with Gasteiger partial charge in [0, 0.05) is 0 Å². The van der Waals surface area contributed by atoms with Crippen molar-refractivity contribution in [2.24, 2.45) is 5.92 Å². The zero-order valence-electron chi connectivity index (χ0n) is 23.3. The van der Waals surface area contributed by atoms with Gasteiger partial charge in [-0.15, -0.1) is 0 Å². The van der Waals surface area contributed by atoms with Gasteiger partial charge < -0.3 is 0 Å². The Morgan fingerprint density at radius 3 is 1.27 bits per heavy atom. The molecule has 206 valence electrons. The van der Waals surface area contributed by atoms with Crippen LogP contribution in [-0.2, 0) is 9.47 Å². The summed E-state index contributed by atoms with van der Waals surface area (Å²) in [5, 5.41) is 4.41. The van der Waals surface area contributed by atoms with Gasteiger partial charge in [0.25, 0.3) is 0 Å². The molecular weight excluding hydrogens is 519 g/mol. The summed E-state index contributed by atoms with van der Waals surface area (Å²) in [5.41, 5.74) is 2.37. The fourth-order valence-corrected chi connectivity index (χ4v) is 12.5. The molecule has 41 heavy (non-hydrogen) atoms. The van der Waals surface area contributed by atoms with Crippen molar-refractivity contribution in [1.29, 1.82) is 0 Å². The molecule has 1 saturated carbocycles. The van der Waals surface area contributed by atoms with E-state index in [1.165, 1.54) is 27.0 Å². The zero-order valence-corrected chi connectivity index (χ0v) is 24.3. The summed E-state index contributed by atoms with van der Waals surface area (Å²) in [6, 6.07) is 55.0. The summed E-state index contributed by atoms with van der Waals surface area (Å²) in [6.45, 7) is 0. The van der Waals surface area contributed by atoms with Gasteiger partial charge >= 0.3 is 245 Å². The number of rotatable bonds is 7. The summed E-state index contributed by atoms with van der Waals surface area (Å²) in [5.74, 6) is -0.0659. The quantitative estimate of drug-likeness (QED) is 0.191. The Hall–Kier alpha value is -3.55. The third-order valence-electron chi connectivity index (χ3n) is 9.14. The minimum atomic E-state index is -2.33. The Morgan fingerprint density at radius 1 is 0.512 bits per heavy atom. The molecule has 2 nitrogen and oxygen atoms in total. The average Bonchev–Trinajstić information content (AvgIpc) is 3.64. The molecule has 0 radical (unpaired) electrons. The fraction of sp³-hybridized carbons (Fsp3) is 0.211. The Labute approximate surface area is 244 Å². The standard InChI is InChI=1S/C38H37O2P/c1-6-16-31(17-7-1)36-37(32-18-8-2-9-19-32)40-38(39-36)27-26-30(28-38)29-41(33-20-10-3-11-21-33,34-22-12-4-13-23-34)35-24-14-5-15-25-35/h1-25,30,36-37,41H,26-29H2/t30-,36+,37+/m1/s1. The summed E-state index contributed by atoms with van der Waals surface area (Å²) in [4.78, 5) is 0. The van der Waals surface area contributed by atoms with Gasteiger partial charge in [-0.3, -0.25) is 0 Å². The van der Waals surface area contributed by atoms with Crippen LogP contribution in [0.5, 0.6) is 0 Å². The third-order valence-corrected chi connectivity index (χ3v) is 14.3. The van der Waals surface area contributed by atoms with Crippen LogP contribution in [-0.4, -0.2) is 11.9 Å². The van der Waals surface area contributed by atoms with Gasteiger partial charge in [0.05, 0.1) is 0 Å². The van der Waals surface area contributed by atoms with E-state index in [0.29, 0.717) is 5.92 Å². The Balaban J connectivity index is 1.25. The van der Waals surface area contributed by atoms with Crippen molar-refractivity contribution >= 4 is 23.2 Å². The van der Waals surface area contributed by atoms with Gasteiger partial charge in [-0.05, 0) is 0 Å². The van der Waals surface area contributed by atoms with E-state index in [-0.39, 0.29) is 12.2 Å². The first kappa shape index (κ1) is 26.4. The number of hydrogen-bond donors (Lipinski definition) is 0. The van der Waals surface area contributed by atoms with E-state index in [0.717, 1.165) is 25.4 Å². The molecule has 1 heterocycles. The molecule has 2 fully saturated rings. The molecule has 1 spiro atoms. The van der Waals surface area contributed by atoms with E-state index in [9.17, 15) is 0 Å². The first-order valence-electron chi connectivity index (χ1n) is 14.9. The Kier molecular flexibility index (Phi) is 7.31. The third kappa shape index (κ3) is 5.06. The summed E-state index contributed by atoms with van der Waals surface area (Å²) in [6.07, 6.45) is 3.85. The molecule has 5 aromatic carbocycles. The van der Waals surface area contributed by atoms with Crippen LogP contribution in [0.1, 0.15) is 42.6 Å². The predicted octanol–water partition coefficient (Wildman–Crippen LogP) is 7.74. The minimum absolute atomic E-state index is 0.114. The SMILES string of the molecule is c1ccc([C@@H]2OC3(CC[C@@H](C[PH](c4ccccc4)(c4ccccc4)c4ccccc4)C3)O[C@H]2c2ccccc2)cc1. The normalized spacial score (nSPS) is 22.1. The van der Waals surface area contributed by atoms with E-state index >= 15 is 0 Å². The van der Waals surface area contributed by atoms with Crippen molar-refractivity contribution in [3.05, 3.63) is 163 Å². The van der Waals surface area contributed by atoms with E-state index in [1.54, 1.807) is 0 Å². The average molecular weight is 557 g/mol. The van der Waals surface area contributed by atoms with Crippen LogP contribution in [0, 0.1) is 5.92 Å². The number of ether oxygens (including phenoxy) is 2. The molecule has 5 aromatic rings. The maximum absolute atomic E-state index is 7.02. The number of benzene rings is 5. The van der Waals surface area contributed by atoms with Crippen molar-refractivity contribution in [3.8, 4) is 0 Å². The van der Waals surface area contributed by atoms with Crippen molar-refractivity contribution in [2.75, 3.05) is 6.16 Å². The molecule has 7 rings (SSSR count). The van der Waals surface area contributed by atoms with Gasteiger partial charge in [-0.25, -0.2) is 0 Å². The predicted molar refractivity (Wildman–Crippen MR) is 172 cm³/mol. The van der Waals surface area contributed by atoms with Crippen LogP contribution in [0.25, 0.3) is 0 Å². The van der Waals surface area contributed by atoms with Gasteiger partial charge in [0.15, 0.2) is 0 Å². The summed E-state index contributed by atoms with van der Waals surface area (Å²) in [7, 11) is -2.33. The molecular formula is C38H37O2P. The molecule has 0 N–H and O–H groups in total. The molecule has 3 atom stereocenters. The van der Waals surface area contributed by atoms with Crippen molar-refractivity contribution < 1.29 is 9.47 Å². The van der Waals surface area contributed by atoms with Crippen LogP contribution in [0.4, 0.5) is 0 Å². The first-order valence-corrected chi connectivity index (χ1v) is 17.1. The Morgan fingerprint density at radius 2 is 0.878 bits per heavy atom. The molecule has 2 aliphatic rings. The summed E-state index contributed by atoms with van der Waals surface area (Å²) >= 11 is 0. The second-order valence-corrected chi connectivity index (χ2v) is 15.6. The topological polar surface area (TPSA) is 18.5 Å². The molecule has 0 bridgehead atoms. The van der Waals surface area contributed by atoms with Gasteiger partial charge in [-0.1, -0.05) is 0 Å². The van der Waals surface area contributed by atoms with Gasteiger partial charge in [0.2, 0.25) is 0 Å². The second-order valence-electron chi connectivity index (χ2n) is 11.6. The molecule has 0 amide bonds. The van der Waals surface area contributed by atoms with E-state index in [2.05, 4.69) is 152 Å². The van der Waals surface area contributed by atoms with Crippen LogP contribution in [0.2, 0.25) is 0 Å². The summed E-state index contributed by atoms with van der Waals surface area (Å²) < 4.78 is 14.0. The fourth-order valence-electron chi connectivity index (χ4n) is 7.30. The maximum atomic E-state index is 7.02. The van der Waals surface area contributed by atoms with E-state index in [4.69, 9.17) is 9.47 Å². The zero-order chi connectivity index (χ0) is 27.5. The van der Waals surface area contributed by atoms with Crippen LogP contribution < -0.4 is 15.9 Å². The van der Waals surface area contributed by atoms with E-state index < -0.39 is 13.0 Å². The Bertz CT molecular complexity index is 1400. The van der Waals surface area contributed by atoms with Crippen LogP contribution in [0.15, 0.2) is 152 Å². The molecule has 1 aliphatic heterocycles. The molecule has 0 unspecified atom stereocenters. The van der Waals surface area contributed by atoms with Crippen molar-refractivity contribution in [1.82, 2.24) is 0 Å². The monoisotopic (exact) mass is 556 g/mol. The van der Waals surface area contributed by atoms with Crippen LogP contribution >= 0.6 is 7.26 Å². The van der Waals surface area contributed by atoms with Gasteiger partial charge in [-0.2, -0.15) is 0 Å². The van der Waals surface area contributed by atoms with E-state index in [1.807, 2.05) is 0 Å². The number of hydrogen-bond acceptors (Lipinski definition) is 2. The van der Waals surface area contributed by atoms with Crippen molar-refractivity contribution in [3.63, 3.8) is 0 Å². The van der Waals surface area contributed by atoms with Crippen LogP contribution in [0.3, 0.4) is 0 Å². The van der Waals surface area contributed by atoms with Crippen molar-refractivity contribution in [2.45, 2.75) is 37.3 Å². The van der Waals surface area contributed by atoms with Gasteiger partial charge in [0.1, 0.15) is 0 Å². The second kappa shape index (κ2) is 11.4. The molecule has 1 saturated heterocycles. The molecule has 1 aliphatic carbocycles. The molecule has 3 heteroatoms. The molecule has 0 aromatic heterocycles. The first-order chi connectivity index (χ1) is 20.3.